The molecule has 26 heavy (non-hydrogen) atoms. The molecule has 9 heteroatoms. The Morgan fingerprint density at radius 1 is 1.08 bits per heavy atom. The molecule has 0 fully saturated rings. The molecule has 0 bridgehead atoms. The Bertz CT molecular complexity index is 952. The summed E-state index contributed by atoms with van der Waals surface area (Å²) in [5.41, 5.74) is 8.27. The van der Waals surface area contributed by atoms with Crippen molar-refractivity contribution in [1.82, 2.24) is 24.8 Å². The molecular formula is C17H14FN7O. The van der Waals surface area contributed by atoms with E-state index in [-0.39, 0.29) is 23.4 Å². The average Bonchev–Trinajstić information content (AvgIpc) is 3.09. The first kappa shape index (κ1) is 15.9. The van der Waals surface area contributed by atoms with E-state index in [2.05, 4.69) is 25.3 Å². The number of hydrogen-bond acceptors (Lipinski definition) is 6. The van der Waals surface area contributed by atoms with Crippen LogP contribution in [-0.4, -0.2) is 30.9 Å². The summed E-state index contributed by atoms with van der Waals surface area (Å²) in [4.78, 5) is 30.9. The normalized spacial score (nSPS) is 12.7. The largest absolute Gasteiger partial charge is 0.394 e. The van der Waals surface area contributed by atoms with Gasteiger partial charge >= 0.3 is 6.03 Å². The number of nitrogens with one attached hydrogen (secondary N) is 1. The topological polar surface area (TPSA) is 110 Å². The zero-order chi connectivity index (χ0) is 18.1. The smallest absolute Gasteiger partial charge is 0.323 e. The van der Waals surface area contributed by atoms with Crippen LogP contribution < -0.4 is 11.1 Å². The number of rotatable bonds is 2. The first-order chi connectivity index (χ1) is 12.6. The van der Waals surface area contributed by atoms with Crippen LogP contribution in [0.5, 0.6) is 0 Å². The molecule has 3 heterocycles. The van der Waals surface area contributed by atoms with Gasteiger partial charge in [-0.15, -0.1) is 0 Å². The van der Waals surface area contributed by atoms with E-state index in [1.165, 1.54) is 18.3 Å². The highest BCUT2D eigenvalue weighted by Gasteiger charge is 2.26. The van der Waals surface area contributed by atoms with Crippen LogP contribution in [0, 0.1) is 5.82 Å². The van der Waals surface area contributed by atoms with Crippen molar-refractivity contribution in [2.45, 2.75) is 13.1 Å². The molecule has 0 radical (unpaired) electrons. The maximum Gasteiger partial charge on any atom is 0.323 e. The number of nitrogen functional groups attached to an aromatic ring is 1. The Morgan fingerprint density at radius 2 is 1.73 bits per heavy atom. The van der Waals surface area contributed by atoms with Gasteiger partial charge in [-0.25, -0.2) is 19.2 Å². The number of carbonyl (C=O) groups is 1. The summed E-state index contributed by atoms with van der Waals surface area (Å²) >= 11 is 0. The maximum absolute atomic E-state index is 13.1. The summed E-state index contributed by atoms with van der Waals surface area (Å²) in [6.07, 6.45) is 4.60. The van der Waals surface area contributed by atoms with Gasteiger partial charge in [-0.3, -0.25) is 15.3 Å². The number of urea groups is 1. The minimum Gasteiger partial charge on any atom is -0.394 e. The monoisotopic (exact) mass is 351 g/mol. The van der Waals surface area contributed by atoms with Gasteiger partial charge in [-0.2, -0.15) is 0 Å². The van der Waals surface area contributed by atoms with Gasteiger partial charge in [0.1, 0.15) is 5.82 Å². The maximum atomic E-state index is 13.1. The lowest BCUT2D eigenvalue weighted by Gasteiger charge is -2.16. The number of amides is 2. The Labute approximate surface area is 147 Å². The third-order valence-electron chi connectivity index (χ3n) is 3.97. The van der Waals surface area contributed by atoms with Crippen LogP contribution in [0.15, 0.2) is 42.9 Å². The molecule has 3 N–H and O–H groups in total. The van der Waals surface area contributed by atoms with E-state index >= 15 is 0 Å². The van der Waals surface area contributed by atoms with E-state index < -0.39 is 0 Å². The number of carbonyl (C=O) groups excluding carboxylic acids is 1. The molecule has 2 amide bonds. The predicted octanol–water partition coefficient (Wildman–Crippen LogP) is 2.20. The summed E-state index contributed by atoms with van der Waals surface area (Å²) in [6, 6.07) is 5.38. The summed E-state index contributed by atoms with van der Waals surface area (Å²) in [5, 5.41) is 2.69. The molecule has 1 aliphatic heterocycles. The Hall–Kier alpha value is -3.62. The summed E-state index contributed by atoms with van der Waals surface area (Å²) in [5.74, 6) is 0.178. The van der Waals surface area contributed by atoms with Crippen LogP contribution in [0.25, 0.3) is 11.4 Å². The van der Waals surface area contributed by atoms with Gasteiger partial charge in [0.2, 0.25) is 0 Å². The second-order valence-corrected chi connectivity index (χ2v) is 5.74. The lowest BCUT2D eigenvalue weighted by atomic mass is 10.2. The van der Waals surface area contributed by atoms with Crippen molar-refractivity contribution in [2.24, 2.45) is 0 Å². The number of nitrogens with two attached hydrogens (primary N) is 1. The highest BCUT2D eigenvalue weighted by atomic mass is 19.1. The van der Waals surface area contributed by atoms with E-state index in [0.717, 1.165) is 11.4 Å². The molecule has 8 nitrogen and oxygen atoms in total. The highest BCUT2D eigenvalue weighted by molar-refractivity contribution is 5.91. The molecular weight excluding hydrogens is 337 g/mol. The van der Waals surface area contributed by atoms with E-state index in [0.29, 0.717) is 24.5 Å². The van der Waals surface area contributed by atoms with Gasteiger partial charge in [0.25, 0.3) is 0 Å². The second-order valence-electron chi connectivity index (χ2n) is 5.74. The third kappa shape index (κ3) is 3.02. The fourth-order valence-corrected chi connectivity index (χ4v) is 2.63. The fraction of sp³-hybridized carbons (Fsp3) is 0.118. The van der Waals surface area contributed by atoms with Crippen LogP contribution in [0.1, 0.15) is 11.4 Å². The number of anilines is 2. The molecule has 0 aliphatic carbocycles. The highest BCUT2D eigenvalue weighted by Crippen LogP contribution is 2.23. The Morgan fingerprint density at radius 3 is 2.38 bits per heavy atom. The zero-order valence-electron chi connectivity index (χ0n) is 13.6. The second kappa shape index (κ2) is 6.36. The van der Waals surface area contributed by atoms with E-state index in [1.807, 2.05) is 0 Å². The molecule has 0 saturated carbocycles. The van der Waals surface area contributed by atoms with Gasteiger partial charge in [-0.05, 0) is 24.3 Å². The standard InChI is InChI=1S/C17H14FN7O/c18-11-3-1-10(2-4-11)15-22-7-12(19)16(23-15)24-17(26)25-8-13-14(9-25)21-6-5-20-13/h1-7H,8-9,19H2,(H,22,23,24,26). The van der Waals surface area contributed by atoms with Crippen molar-refractivity contribution in [3.05, 3.63) is 60.1 Å². The van der Waals surface area contributed by atoms with Crippen molar-refractivity contribution in [2.75, 3.05) is 11.1 Å². The van der Waals surface area contributed by atoms with Crippen molar-refractivity contribution in [3.63, 3.8) is 0 Å². The van der Waals surface area contributed by atoms with Gasteiger partial charge in [0.05, 0.1) is 36.4 Å². The summed E-state index contributed by atoms with van der Waals surface area (Å²) in [7, 11) is 0. The van der Waals surface area contributed by atoms with Crippen molar-refractivity contribution in [1.29, 1.82) is 0 Å². The van der Waals surface area contributed by atoms with Crippen LogP contribution in [0.2, 0.25) is 0 Å². The zero-order valence-corrected chi connectivity index (χ0v) is 13.6. The molecule has 1 aromatic carbocycles. The lowest BCUT2D eigenvalue weighted by Crippen LogP contribution is -2.31. The van der Waals surface area contributed by atoms with Crippen molar-refractivity contribution in [3.8, 4) is 11.4 Å². The Balaban J connectivity index is 1.54. The summed E-state index contributed by atoms with van der Waals surface area (Å²) in [6.45, 7) is 0.732. The Kier molecular flexibility index (Phi) is 3.88. The van der Waals surface area contributed by atoms with E-state index in [4.69, 9.17) is 5.73 Å². The predicted molar refractivity (Wildman–Crippen MR) is 92.1 cm³/mol. The number of nitrogens with zero attached hydrogens (tertiary/aromatic N) is 5. The first-order valence-electron chi connectivity index (χ1n) is 7.83. The summed E-state index contributed by atoms with van der Waals surface area (Å²) < 4.78 is 13.1. The minimum absolute atomic E-state index is 0.196. The molecule has 1 aliphatic rings. The van der Waals surface area contributed by atoms with E-state index in [1.54, 1.807) is 29.4 Å². The number of hydrogen-bond donors (Lipinski definition) is 2. The number of fused-ring (bicyclic) bond motifs is 1. The quantitative estimate of drug-likeness (QED) is 0.732. The third-order valence-corrected chi connectivity index (χ3v) is 3.97. The van der Waals surface area contributed by atoms with Gasteiger partial charge < -0.3 is 10.6 Å². The first-order valence-corrected chi connectivity index (χ1v) is 7.83. The number of aromatic nitrogens is 4. The minimum atomic E-state index is -0.361. The molecule has 4 rings (SSSR count). The van der Waals surface area contributed by atoms with E-state index in [9.17, 15) is 9.18 Å². The van der Waals surface area contributed by atoms with Gasteiger partial charge in [-0.1, -0.05) is 0 Å². The van der Waals surface area contributed by atoms with Crippen LogP contribution in [-0.2, 0) is 13.1 Å². The molecule has 0 unspecified atom stereocenters. The lowest BCUT2D eigenvalue weighted by molar-refractivity contribution is 0.212. The average molecular weight is 351 g/mol. The fourth-order valence-electron chi connectivity index (χ4n) is 2.63. The molecule has 2 aromatic heterocycles. The van der Waals surface area contributed by atoms with Crippen LogP contribution in [0.3, 0.4) is 0 Å². The van der Waals surface area contributed by atoms with Crippen LogP contribution in [0.4, 0.5) is 20.7 Å². The molecule has 3 aromatic rings. The molecule has 0 atom stereocenters. The number of halogens is 1. The SMILES string of the molecule is Nc1cnc(-c2ccc(F)cc2)nc1NC(=O)N1Cc2nccnc2C1. The number of benzene rings is 1. The van der Waals surface area contributed by atoms with Gasteiger partial charge in [0.15, 0.2) is 11.6 Å². The van der Waals surface area contributed by atoms with Gasteiger partial charge in [0, 0.05) is 18.0 Å². The molecule has 0 spiro atoms. The molecule has 130 valence electrons. The van der Waals surface area contributed by atoms with Crippen molar-refractivity contribution < 1.29 is 9.18 Å². The van der Waals surface area contributed by atoms with Crippen LogP contribution >= 0.6 is 0 Å². The van der Waals surface area contributed by atoms with Crippen molar-refractivity contribution >= 4 is 17.5 Å². The molecule has 0 saturated heterocycles.